The normalized spacial score (nSPS) is 18.6. The van der Waals surface area contributed by atoms with E-state index in [0.29, 0.717) is 26.1 Å². The van der Waals surface area contributed by atoms with Crippen molar-refractivity contribution < 1.29 is 23.8 Å². The Bertz CT molecular complexity index is 432. The third kappa shape index (κ3) is 14.6. The molecule has 0 spiro atoms. The Morgan fingerprint density at radius 2 is 1.00 bits per heavy atom. The van der Waals surface area contributed by atoms with Crippen molar-refractivity contribution in [1.82, 2.24) is 0 Å². The fourth-order valence-corrected chi connectivity index (χ4v) is 3.89. The lowest BCUT2D eigenvalue weighted by atomic mass is 10.0. The smallest absolute Gasteiger partial charge is 0.335 e. The third-order valence-electron chi connectivity index (χ3n) is 5.89. The molecule has 0 bridgehead atoms. The topological polar surface area (TPSA) is 61.8 Å². The van der Waals surface area contributed by atoms with E-state index >= 15 is 0 Å². The van der Waals surface area contributed by atoms with E-state index in [1.807, 2.05) is 0 Å². The minimum Gasteiger partial charge on any atom is -0.464 e. The van der Waals surface area contributed by atoms with Crippen LogP contribution < -0.4 is 0 Å². The highest BCUT2D eigenvalue weighted by molar-refractivity contribution is 5.79. The summed E-state index contributed by atoms with van der Waals surface area (Å²) >= 11 is 0. The van der Waals surface area contributed by atoms with Gasteiger partial charge in [-0.25, -0.2) is 9.59 Å². The van der Waals surface area contributed by atoms with E-state index in [4.69, 9.17) is 14.2 Å². The van der Waals surface area contributed by atoms with Gasteiger partial charge in [0.25, 0.3) is 0 Å². The molecule has 182 valence electrons. The Kier molecular flexibility index (Phi) is 15.7. The summed E-state index contributed by atoms with van der Waals surface area (Å²) in [6, 6.07) is 0. The lowest BCUT2D eigenvalue weighted by Crippen LogP contribution is -2.28. The zero-order valence-electron chi connectivity index (χ0n) is 20.7. The Balaban J connectivity index is 2.00. The van der Waals surface area contributed by atoms with Gasteiger partial charge in [0, 0.05) is 0 Å². The Labute approximate surface area is 191 Å². The summed E-state index contributed by atoms with van der Waals surface area (Å²) in [5, 5.41) is 0. The molecule has 1 heterocycles. The number of ether oxygens (including phenoxy) is 3. The lowest BCUT2D eigenvalue weighted by molar-refractivity contribution is -0.165. The van der Waals surface area contributed by atoms with Crippen molar-refractivity contribution in [2.24, 2.45) is 11.8 Å². The molecule has 31 heavy (non-hydrogen) atoms. The van der Waals surface area contributed by atoms with E-state index in [9.17, 15) is 9.59 Å². The molecule has 0 amide bonds. The number of hydrogen-bond donors (Lipinski definition) is 0. The van der Waals surface area contributed by atoms with Crippen LogP contribution in [0.25, 0.3) is 0 Å². The molecule has 1 rings (SSSR count). The van der Waals surface area contributed by atoms with Gasteiger partial charge in [-0.05, 0) is 37.5 Å². The van der Waals surface area contributed by atoms with Crippen LogP contribution in [0.1, 0.15) is 118 Å². The number of unbranched alkanes of at least 4 members (excludes halogenated alkanes) is 8. The molecular formula is C26H48O5. The minimum absolute atomic E-state index is 0.337. The molecular weight excluding hydrogens is 392 g/mol. The van der Waals surface area contributed by atoms with Crippen LogP contribution in [-0.2, 0) is 23.8 Å². The SMILES string of the molecule is CC(C)CCCCCCCOC(=O)C1CCC(C(=O)OCCCCCCCC(C)C)O1. The van der Waals surface area contributed by atoms with Gasteiger partial charge in [0.2, 0.25) is 0 Å². The van der Waals surface area contributed by atoms with Gasteiger partial charge < -0.3 is 14.2 Å². The van der Waals surface area contributed by atoms with Crippen LogP contribution in [0, 0.1) is 11.8 Å². The molecule has 0 N–H and O–H groups in total. The fourth-order valence-electron chi connectivity index (χ4n) is 3.89. The van der Waals surface area contributed by atoms with E-state index < -0.39 is 12.2 Å². The number of carbonyl (C=O) groups excluding carboxylic acids is 2. The van der Waals surface area contributed by atoms with Gasteiger partial charge in [0.15, 0.2) is 12.2 Å². The summed E-state index contributed by atoms with van der Waals surface area (Å²) < 4.78 is 16.3. The van der Waals surface area contributed by atoms with Crippen LogP contribution in [-0.4, -0.2) is 37.4 Å². The van der Waals surface area contributed by atoms with E-state index in [0.717, 1.165) is 37.5 Å². The first-order valence-electron chi connectivity index (χ1n) is 12.9. The molecule has 2 atom stereocenters. The summed E-state index contributed by atoms with van der Waals surface area (Å²) in [7, 11) is 0. The largest absolute Gasteiger partial charge is 0.464 e. The predicted octanol–water partition coefficient (Wildman–Crippen LogP) is 6.61. The molecule has 0 aromatic carbocycles. The van der Waals surface area contributed by atoms with Gasteiger partial charge in [-0.3, -0.25) is 0 Å². The molecule has 2 unspecified atom stereocenters. The van der Waals surface area contributed by atoms with Crippen molar-refractivity contribution in [2.75, 3.05) is 13.2 Å². The maximum atomic E-state index is 12.2. The van der Waals surface area contributed by atoms with E-state index in [2.05, 4.69) is 27.7 Å². The third-order valence-corrected chi connectivity index (χ3v) is 5.89. The number of hydrogen-bond acceptors (Lipinski definition) is 5. The van der Waals surface area contributed by atoms with Gasteiger partial charge in [-0.2, -0.15) is 0 Å². The van der Waals surface area contributed by atoms with Crippen molar-refractivity contribution in [2.45, 2.75) is 130 Å². The monoisotopic (exact) mass is 440 g/mol. The summed E-state index contributed by atoms with van der Waals surface area (Å²) in [6.07, 6.45) is 13.8. The Morgan fingerprint density at radius 3 is 1.39 bits per heavy atom. The Hall–Kier alpha value is -1.10. The van der Waals surface area contributed by atoms with E-state index in [-0.39, 0.29) is 11.9 Å². The van der Waals surface area contributed by atoms with Crippen molar-refractivity contribution in [3.05, 3.63) is 0 Å². The van der Waals surface area contributed by atoms with Crippen LogP contribution in [0.5, 0.6) is 0 Å². The standard InChI is InChI=1S/C26H48O5/c1-21(2)15-11-7-5-9-13-19-29-25(27)23-17-18-24(31-23)26(28)30-20-14-10-6-8-12-16-22(3)4/h21-24H,5-20H2,1-4H3. The lowest BCUT2D eigenvalue weighted by Gasteiger charge is -2.13. The molecule has 1 fully saturated rings. The van der Waals surface area contributed by atoms with Gasteiger partial charge in [-0.15, -0.1) is 0 Å². The number of carbonyl (C=O) groups is 2. The highest BCUT2D eigenvalue weighted by Crippen LogP contribution is 2.22. The van der Waals surface area contributed by atoms with E-state index in [1.54, 1.807) is 0 Å². The highest BCUT2D eigenvalue weighted by Gasteiger charge is 2.36. The van der Waals surface area contributed by atoms with Gasteiger partial charge >= 0.3 is 11.9 Å². The summed E-state index contributed by atoms with van der Waals surface area (Å²) in [6.45, 7) is 9.90. The maximum Gasteiger partial charge on any atom is 0.335 e. The van der Waals surface area contributed by atoms with Crippen LogP contribution in [0.4, 0.5) is 0 Å². The zero-order chi connectivity index (χ0) is 22.9. The molecule has 0 aliphatic carbocycles. The first kappa shape index (κ1) is 27.9. The van der Waals surface area contributed by atoms with Crippen molar-refractivity contribution in [3.63, 3.8) is 0 Å². The Morgan fingerprint density at radius 1 is 0.645 bits per heavy atom. The van der Waals surface area contributed by atoms with Crippen molar-refractivity contribution in [1.29, 1.82) is 0 Å². The second-order valence-electron chi connectivity index (χ2n) is 9.93. The predicted molar refractivity (Wildman–Crippen MR) is 125 cm³/mol. The van der Waals surface area contributed by atoms with Gasteiger partial charge in [-0.1, -0.05) is 91.9 Å². The molecule has 0 saturated carbocycles. The van der Waals surface area contributed by atoms with Crippen LogP contribution >= 0.6 is 0 Å². The minimum atomic E-state index is -0.621. The molecule has 5 heteroatoms. The van der Waals surface area contributed by atoms with Gasteiger partial charge in [0.1, 0.15) is 0 Å². The van der Waals surface area contributed by atoms with Crippen molar-refractivity contribution in [3.8, 4) is 0 Å². The van der Waals surface area contributed by atoms with Crippen LogP contribution in [0.2, 0.25) is 0 Å². The number of rotatable bonds is 18. The quantitative estimate of drug-likeness (QED) is 0.177. The van der Waals surface area contributed by atoms with Crippen molar-refractivity contribution >= 4 is 11.9 Å². The maximum absolute atomic E-state index is 12.2. The first-order valence-corrected chi connectivity index (χ1v) is 12.9. The first-order chi connectivity index (χ1) is 14.9. The number of esters is 2. The molecule has 0 aromatic heterocycles. The molecule has 5 nitrogen and oxygen atoms in total. The summed E-state index contributed by atoms with van der Waals surface area (Å²) in [5.41, 5.74) is 0. The van der Waals surface area contributed by atoms with Crippen LogP contribution in [0.15, 0.2) is 0 Å². The average Bonchev–Trinajstić information content (AvgIpc) is 3.21. The molecule has 0 aromatic rings. The van der Waals surface area contributed by atoms with E-state index in [1.165, 1.54) is 51.4 Å². The molecule has 0 radical (unpaired) electrons. The second kappa shape index (κ2) is 17.5. The zero-order valence-corrected chi connectivity index (χ0v) is 20.7. The molecule has 1 aliphatic rings. The fraction of sp³-hybridized carbons (Fsp3) is 0.923. The average molecular weight is 441 g/mol. The van der Waals surface area contributed by atoms with Gasteiger partial charge in [0.05, 0.1) is 13.2 Å². The summed E-state index contributed by atoms with van der Waals surface area (Å²) in [5.74, 6) is 0.879. The molecule has 1 saturated heterocycles. The highest BCUT2D eigenvalue weighted by atomic mass is 16.6. The second-order valence-corrected chi connectivity index (χ2v) is 9.93. The van der Waals surface area contributed by atoms with Crippen LogP contribution in [0.3, 0.4) is 0 Å². The summed E-state index contributed by atoms with van der Waals surface area (Å²) in [4.78, 5) is 24.3. The molecule has 1 aliphatic heterocycles.